The third-order valence-electron chi connectivity index (χ3n) is 4.90. The smallest absolute Gasteiger partial charge is 0.434 e. The Hall–Kier alpha value is -3.14. The summed E-state index contributed by atoms with van der Waals surface area (Å²) in [6.45, 7) is 0.448. The predicted octanol–water partition coefficient (Wildman–Crippen LogP) is 5.11. The maximum atomic E-state index is 12.9. The normalized spacial score (nSPS) is 12.3. The van der Waals surface area contributed by atoms with E-state index in [0.717, 1.165) is 33.8 Å². The Morgan fingerprint density at radius 3 is 2.55 bits per heavy atom. The van der Waals surface area contributed by atoms with Crippen molar-refractivity contribution < 1.29 is 27.4 Å². The van der Waals surface area contributed by atoms with Crippen LogP contribution in [-0.4, -0.2) is 36.7 Å². The Kier molecular flexibility index (Phi) is 8.26. The largest absolute Gasteiger partial charge is 0.493 e. The number of pyridine rings is 1. The molecule has 0 aliphatic rings. The minimum absolute atomic E-state index is 0.0573. The van der Waals surface area contributed by atoms with Gasteiger partial charge >= 0.3 is 12.1 Å². The van der Waals surface area contributed by atoms with E-state index in [2.05, 4.69) is 15.3 Å². The molecular formula is C23H24F3N3O3S. The van der Waals surface area contributed by atoms with Gasteiger partial charge < -0.3 is 14.8 Å². The van der Waals surface area contributed by atoms with Crippen molar-refractivity contribution in [3.05, 3.63) is 69.8 Å². The van der Waals surface area contributed by atoms with Crippen LogP contribution in [0, 0.1) is 0 Å². The van der Waals surface area contributed by atoms with Crippen LogP contribution < -0.4 is 10.1 Å². The second-order valence-corrected chi connectivity index (χ2v) is 8.15. The summed E-state index contributed by atoms with van der Waals surface area (Å²) in [5, 5.41) is 4.22. The minimum atomic E-state index is -4.52. The van der Waals surface area contributed by atoms with Crippen LogP contribution in [0.3, 0.4) is 0 Å². The van der Waals surface area contributed by atoms with Gasteiger partial charge in [0.05, 0.1) is 25.1 Å². The fraction of sp³-hybridized carbons (Fsp3) is 0.348. The number of hydrogen-bond donors (Lipinski definition) is 1. The number of ether oxygens (including phenoxy) is 2. The lowest BCUT2D eigenvalue weighted by molar-refractivity contribution is -0.141. The number of rotatable bonds is 10. The Bertz CT molecular complexity index is 1050. The Labute approximate surface area is 193 Å². The summed E-state index contributed by atoms with van der Waals surface area (Å²) < 4.78 is 49.3. The third kappa shape index (κ3) is 7.18. The maximum absolute atomic E-state index is 12.9. The average Bonchev–Trinajstić information content (AvgIpc) is 3.31. The highest BCUT2D eigenvalue weighted by atomic mass is 32.1. The molecule has 0 aliphatic heterocycles. The molecule has 3 aromatic rings. The van der Waals surface area contributed by atoms with E-state index < -0.39 is 23.8 Å². The molecule has 0 aliphatic carbocycles. The first-order valence-electron chi connectivity index (χ1n) is 10.2. The molecule has 1 unspecified atom stereocenters. The molecule has 2 aromatic heterocycles. The van der Waals surface area contributed by atoms with Crippen molar-refractivity contribution in [1.29, 1.82) is 0 Å². The first-order chi connectivity index (χ1) is 15.8. The van der Waals surface area contributed by atoms with E-state index in [0.29, 0.717) is 25.2 Å². The Morgan fingerprint density at radius 1 is 1.15 bits per heavy atom. The van der Waals surface area contributed by atoms with Gasteiger partial charge in [-0.3, -0.25) is 4.79 Å². The summed E-state index contributed by atoms with van der Waals surface area (Å²) in [6.07, 6.45) is -3.59. The van der Waals surface area contributed by atoms with Crippen molar-refractivity contribution in [1.82, 2.24) is 9.97 Å². The van der Waals surface area contributed by atoms with Crippen LogP contribution in [0.4, 0.5) is 19.0 Å². The van der Waals surface area contributed by atoms with Gasteiger partial charge in [-0.2, -0.15) is 13.2 Å². The molecule has 3 rings (SSSR count). The number of carbonyl (C=O) groups is 1. The van der Waals surface area contributed by atoms with Crippen LogP contribution in [0.1, 0.15) is 34.3 Å². The topological polar surface area (TPSA) is 73.3 Å². The molecule has 33 heavy (non-hydrogen) atoms. The van der Waals surface area contributed by atoms with Crippen molar-refractivity contribution >= 4 is 23.1 Å². The number of nitrogens with zero attached hydrogens (tertiary/aromatic N) is 2. The van der Waals surface area contributed by atoms with Crippen molar-refractivity contribution in [3.8, 4) is 5.75 Å². The Morgan fingerprint density at radius 2 is 1.91 bits per heavy atom. The van der Waals surface area contributed by atoms with Crippen LogP contribution in [-0.2, 0) is 28.5 Å². The maximum Gasteiger partial charge on any atom is 0.434 e. The molecule has 0 radical (unpaired) electrons. The van der Waals surface area contributed by atoms with Gasteiger partial charge in [-0.1, -0.05) is 18.2 Å². The van der Waals surface area contributed by atoms with E-state index in [4.69, 9.17) is 9.47 Å². The second-order valence-electron chi connectivity index (χ2n) is 7.26. The molecule has 10 heteroatoms. The molecule has 2 heterocycles. The van der Waals surface area contributed by atoms with Gasteiger partial charge in [-0.25, -0.2) is 9.97 Å². The highest BCUT2D eigenvalue weighted by molar-refractivity contribution is 7.09. The SMILES string of the molecule is CNc1cccc(CCOc2ccc(CC(CC(=O)OC)c3nc(C(F)(F)F)cs3)cc2)n1. The zero-order valence-corrected chi connectivity index (χ0v) is 19.0. The first kappa shape index (κ1) is 24.5. The molecule has 0 bridgehead atoms. The number of carbonyl (C=O) groups excluding carboxylic acids is 1. The molecule has 1 atom stereocenters. The third-order valence-corrected chi connectivity index (χ3v) is 5.90. The van der Waals surface area contributed by atoms with Gasteiger partial charge in [0.1, 0.15) is 11.6 Å². The van der Waals surface area contributed by atoms with Gasteiger partial charge in [-0.15, -0.1) is 11.3 Å². The molecule has 0 spiro atoms. The summed E-state index contributed by atoms with van der Waals surface area (Å²) in [5.74, 6) is 0.443. The summed E-state index contributed by atoms with van der Waals surface area (Å²) >= 11 is 0.897. The zero-order chi connectivity index (χ0) is 23.8. The van der Waals surface area contributed by atoms with Crippen molar-refractivity contribution in [2.45, 2.75) is 31.4 Å². The van der Waals surface area contributed by atoms with Crippen molar-refractivity contribution in [2.75, 3.05) is 26.1 Å². The predicted molar refractivity (Wildman–Crippen MR) is 120 cm³/mol. The van der Waals surface area contributed by atoms with Gasteiger partial charge in [0, 0.05) is 30.5 Å². The molecule has 1 aromatic carbocycles. The number of methoxy groups -OCH3 is 1. The number of anilines is 1. The first-order valence-corrected chi connectivity index (χ1v) is 11.1. The molecule has 0 fully saturated rings. The summed E-state index contributed by atoms with van der Waals surface area (Å²) in [6, 6.07) is 13.0. The van der Waals surface area contributed by atoms with E-state index in [1.165, 1.54) is 7.11 Å². The molecule has 0 amide bonds. The Balaban J connectivity index is 1.62. The lowest BCUT2D eigenvalue weighted by Gasteiger charge is -2.14. The number of thiazole rings is 1. The van der Waals surface area contributed by atoms with Crippen LogP contribution in [0.15, 0.2) is 47.8 Å². The monoisotopic (exact) mass is 479 g/mol. The van der Waals surface area contributed by atoms with Crippen LogP contribution >= 0.6 is 11.3 Å². The molecule has 0 saturated heterocycles. The number of halogens is 3. The van der Waals surface area contributed by atoms with Crippen LogP contribution in [0.5, 0.6) is 5.75 Å². The van der Waals surface area contributed by atoms with Crippen LogP contribution in [0.25, 0.3) is 0 Å². The van der Waals surface area contributed by atoms with Gasteiger partial charge in [0.2, 0.25) is 0 Å². The highest BCUT2D eigenvalue weighted by Gasteiger charge is 2.35. The summed E-state index contributed by atoms with van der Waals surface area (Å²) in [7, 11) is 3.06. The molecule has 6 nitrogen and oxygen atoms in total. The van der Waals surface area contributed by atoms with E-state index in [9.17, 15) is 18.0 Å². The van der Waals surface area contributed by atoms with E-state index in [1.807, 2.05) is 37.4 Å². The highest BCUT2D eigenvalue weighted by Crippen LogP contribution is 2.34. The summed E-state index contributed by atoms with van der Waals surface area (Å²) in [4.78, 5) is 20.0. The minimum Gasteiger partial charge on any atom is -0.493 e. The van der Waals surface area contributed by atoms with Crippen LogP contribution in [0.2, 0.25) is 0 Å². The van der Waals surface area contributed by atoms with E-state index >= 15 is 0 Å². The molecule has 176 valence electrons. The lowest BCUT2D eigenvalue weighted by Crippen LogP contribution is -2.12. The molecular weight excluding hydrogens is 455 g/mol. The standard InChI is InChI=1S/C23H24F3N3O3S/c1-27-20-5-3-4-17(28-20)10-11-32-18-8-6-15(7-9-18)12-16(13-21(30)31-2)22-29-19(14-33-22)23(24,25)26/h3-9,14,16H,10-13H2,1-2H3,(H,27,28). The second kappa shape index (κ2) is 11.1. The number of aromatic nitrogens is 2. The zero-order valence-electron chi connectivity index (χ0n) is 18.2. The number of benzene rings is 1. The van der Waals surface area contributed by atoms with E-state index in [1.54, 1.807) is 12.1 Å². The number of alkyl halides is 3. The average molecular weight is 480 g/mol. The molecule has 1 N–H and O–H groups in total. The van der Waals surface area contributed by atoms with Gasteiger partial charge in [0.25, 0.3) is 0 Å². The summed E-state index contributed by atoms with van der Waals surface area (Å²) in [5.41, 5.74) is 0.810. The van der Waals surface area contributed by atoms with E-state index in [-0.39, 0.29) is 11.4 Å². The fourth-order valence-corrected chi connectivity index (χ4v) is 4.10. The van der Waals surface area contributed by atoms with Gasteiger partial charge in [-0.05, 0) is 36.2 Å². The lowest BCUT2D eigenvalue weighted by atomic mass is 9.96. The fourth-order valence-electron chi connectivity index (χ4n) is 3.17. The quantitative estimate of drug-likeness (QED) is 0.408. The number of nitrogens with one attached hydrogen (secondary N) is 1. The van der Waals surface area contributed by atoms with Crippen molar-refractivity contribution in [3.63, 3.8) is 0 Å². The number of hydrogen-bond acceptors (Lipinski definition) is 7. The number of esters is 1. The molecule has 0 saturated carbocycles. The van der Waals surface area contributed by atoms with Gasteiger partial charge in [0.15, 0.2) is 5.69 Å². The van der Waals surface area contributed by atoms with Crippen molar-refractivity contribution in [2.24, 2.45) is 0 Å².